The molecule has 0 spiro atoms. The highest BCUT2D eigenvalue weighted by Gasteiger charge is 2.00. The van der Waals surface area contributed by atoms with Crippen molar-refractivity contribution in [3.8, 4) is 0 Å². The lowest BCUT2D eigenvalue weighted by atomic mass is 10.0. The largest absolute Gasteiger partial charge is 0.359 e. The number of benzene rings is 1. The molecule has 0 N–H and O–H groups in total. The van der Waals surface area contributed by atoms with Crippen molar-refractivity contribution >= 4 is 0 Å². The Balaban J connectivity index is 2.71. The highest BCUT2D eigenvalue weighted by Crippen LogP contribution is 2.12. The van der Waals surface area contributed by atoms with Crippen molar-refractivity contribution < 1.29 is 4.84 Å². The molecule has 3 heteroatoms. The first-order valence-corrected chi connectivity index (χ1v) is 4.40. The van der Waals surface area contributed by atoms with E-state index in [0.29, 0.717) is 0 Å². The maximum atomic E-state index is 9.78. The van der Waals surface area contributed by atoms with E-state index >= 15 is 0 Å². The van der Waals surface area contributed by atoms with Crippen molar-refractivity contribution in [1.29, 1.82) is 0 Å². The van der Waals surface area contributed by atoms with Gasteiger partial charge in [-0.2, -0.15) is 0 Å². The summed E-state index contributed by atoms with van der Waals surface area (Å²) < 4.78 is 0. The van der Waals surface area contributed by atoms with Gasteiger partial charge in [0.25, 0.3) is 0 Å². The molecular weight excluding hydrogens is 166 g/mol. The number of nitrogens with zero attached hydrogens (tertiary/aromatic N) is 1. The van der Waals surface area contributed by atoms with Gasteiger partial charge in [0.05, 0.1) is 0 Å². The third-order valence-electron chi connectivity index (χ3n) is 1.91. The van der Waals surface area contributed by atoms with Crippen molar-refractivity contribution in [3.05, 3.63) is 40.3 Å². The van der Waals surface area contributed by atoms with E-state index in [1.54, 1.807) is 0 Å². The van der Waals surface area contributed by atoms with Crippen LogP contribution >= 0.6 is 0 Å². The molecule has 0 unspecified atom stereocenters. The second kappa shape index (κ2) is 5.30. The molecule has 0 saturated carbocycles. The lowest BCUT2D eigenvalue weighted by Crippen LogP contribution is -1.94. The molecule has 0 fully saturated rings. The normalized spacial score (nSPS) is 9.62. The summed E-state index contributed by atoms with van der Waals surface area (Å²) >= 11 is 0. The van der Waals surface area contributed by atoms with Crippen LogP contribution in [0.3, 0.4) is 0 Å². The van der Waals surface area contributed by atoms with E-state index in [0.717, 1.165) is 18.4 Å². The molecule has 0 heterocycles. The molecule has 3 nitrogen and oxygen atoms in total. The zero-order valence-corrected chi connectivity index (χ0v) is 7.69. The van der Waals surface area contributed by atoms with Gasteiger partial charge in [-0.05, 0) is 17.5 Å². The summed E-state index contributed by atoms with van der Waals surface area (Å²) in [4.78, 5) is 14.3. The Bertz CT molecular complexity index is 273. The summed E-state index contributed by atoms with van der Waals surface area (Å²) in [6, 6.07) is 7.93. The van der Waals surface area contributed by atoms with Crippen molar-refractivity contribution in [2.75, 3.05) is 0 Å². The van der Waals surface area contributed by atoms with Gasteiger partial charge in [0.15, 0.2) is 5.34 Å². The third kappa shape index (κ3) is 2.86. The molecule has 0 aromatic heterocycles. The van der Waals surface area contributed by atoms with Crippen molar-refractivity contribution in [1.82, 2.24) is 0 Å². The van der Waals surface area contributed by atoms with Crippen LogP contribution in [0, 0.1) is 4.91 Å². The van der Waals surface area contributed by atoms with Gasteiger partial charge in [-0.15, -0.1) is 4.91 Å². The molecule has 0 aliphatic rings. The van der Waals surface area contributed by atoms with Crippen molar-refractivity contribution in [3.63, 3.8) is 0 Å². The van der Waals surface area contributed by atoms with Crippen molar-refractivity contribution in [2.24, 2.45) is 5.34 Å². The molecule has 0 radical (unpaired) electrons. The lowest BCUT2D eigenvalue weighted by molar-refractivity contribution is 0.125. The Morgan fingerprint density at radius 1 is 1.31 bits per heavy atom. The quantitative estimate of drug-likeness (QED) is 0.515. The summed E-state index contributed by atoms with van der Waals surface area (Å²) in [5, 5.41) is 2.38. The second-order valence-electron chi connectivity index (χ2n) is 2.87. The number of hydrogen-bond donors (Lipinski definition) is 0. The fourth-order valence-electron chi connectivity index (χ4n) is 1.31. The average Bonchev–Trinajstić information content (AvgIpc) is 2.17. The van der Waals surface area contributed by atoms with Gasteiger partial charge in [0.2, 0.25) is 0 Å². The van der Waals surface area contributed by atoms with E-state index in [9.17, 15) is 4.91 Å². The first-order valence-electron chi connectivity index (χ1n) is 4.40. The van der Waals surface area contributed by atoms with Crippen LogP contribution in [-0.2, 0) is 17.9 Å². The minimum absolute atomic E-state index is 0.277. The standard InChI is InChI=1S/C10H13NO2/c1-2-5-9-6-3-4-7-10(9)8-13-11-12/h3-4,6-7H,2,5,8H2,1H3. The van der Waals surface area contributed by atoms with Gasteiger partial charge in [0, 0.05) is 0 Å². The molecule has 1 aromatic rings. The van der Waals surface area contributed by atoms with Gasteiger partial charge in [-0.25, -0.2) is 0 Å². The molecule has 70 valence electrons. The summed E-state index contributed by atoms with van der Waals surface area (Å²) in [6.45, 7) is 2.40. The van der Waals surface area contributed by atoms with Crippen LogP contribution in [0.4, 0.5) is 0 Å². The summed E-state index contributed by atoms with van der Waals surface area (Å²) in [5.74, 6) is 0. The van der Waals surface area contributed by atoms with Gasteiger partial charge in [-0.3, -0.25) is 0 Å². The van der Waals surface area contributed by atoms with Gasteiger partial charge < -0.3 is 4.84 Å². The number of hydrogen-bond acceptors (Lipinski definition) is 3. The maximum Gasteiger partial charge on any atom is 0.155 e. The molecule has 0 saturated heterocycles. The molecule has 0 bridgehead atoms. The predicted molar refractivity (Wildman–Crippen MR) is 51.0 cm³/mol. The van der Waals surface area contributed by atoms with E-state index in [1.165, 1.54) is 5.56 Å². The summed E-state index contributed by atoms with van der Waals surface area (Å²) in [6.07, 6.45) is 2.10. The molecule has 1 aromatic carbocycles. The fraction of sp³-hybridized carbons (Fsp3) is 0.400. The smallest absolute Gasteiger partial charge is 0.155 e. The van der Waals surface area contributed by atoms with Crippen LogP contribution in [-0.4, -0.2) is 0 Å². The minimum Gasteiger partial charge on any atom is -0.359 e. The Kier molecular flexibility index (Phi) is 3.96. The first kappa shape index (κ1) is 9.71. The average molecular weight is 179 g/mol. The van der Waals surface area contributed by atoms with E-state index in [4.69, 9.17) is 0 Å². The summed E-state index contributed by atoms with van der Waals surface area (Å²) in [5.41, 5.74) is 2.28. The van der Waals surface area contributed by atoms with Crippen LogP contribution in [0.1, 0.15) is 24.5 Å². The molecule has 1 rings (SSSR count). The van der Waals surface area contributed by atoms with Gasteiger partial charge in [-0.1, -0.05) is 37.6 Å². The van der Waals surface area contributed by atoms with Gasteiger partial charge >= 0.3 is 0 Å². The molecular formula is C10H13NO2. The molecule has 0 atom stereocenters. The molecule has 0 amide bonds. The molecule has 13 heavy (non-hydrogen) atoms. The molecule has 0 aliphatic carbocycles. The Hall–Kier alpha value is -1.38. The second-order valence-corrected chi connectivity index (χ2v) is 2.87. The lowest BCUT2D eigenvalue weighted by Gasteiger charge is -2.05. The maximum absolute atomic E-state index is 9.78. The summed E-state index contributed by atoms with van der Waals surface area (Å²) in [7, 11) is 0. The zero-order chi connectivity index (χ0) is 9.52. The van der Waals surface area contributed by atoms with Crippen LogP contribution in [0.2, 0.25) is 0 Å². The third-order valence-corrected chi connectivity index (χ3v) is 1.91. The number of aryl methyl sites for hydroxylation is 1. The highest BCUT2D eigenvalue weighted by atomic mass is 16.7. The SMILES string of the molecule is CCCc1ccccc1CON=O. The van der Waals surface area contributed by atoms with Crippen LogP contribution in [0.5, 0.6) is 0 Å². The van der Waals surface area contributed by atoms with E-state index in [1.807, 2.05) is 24.3 Å². The molecule has 0 aliphatic heterocycles. The number of rotatable bonds is 5. The Labute approximate surface area is 77.7 Å². The topological polar surface area (TPSA) is 38.7 Å². The zero-order valence-electron chi connectivity index (χ0n) is 7.69. The fourth-order valence-corrected chi connectivity index (χ4v) is 1.31. The monoisotopic (exact) mass is 179 g/mol. The van der Waals surface area contributed by atoms with Crippen LogP contribution in [0.15, 0.2) is 29.6 Å². The van der Waals surface area contributed by atoms with Crippen LogP contribution < -0.4 is 0 Å². The van der Waals surface area contributed by atoms with E-state index in [2.05, 4.69) is 17.1 Å². The Morgan fingerprint density at radius 2 is 2.00 bits per heavy atom. The van der Waals surface area contributed by atoms with Crippen LogP contribution in [0.25, 0.3) is 0 Å². The van der Waals surface area contributed by atoms with Gasteiger partial charge in [0.1, 0.15) is 6.61 Å². The predicted octanol–water partition coefficient (Wildman–Crippen LogP) is 2.84. The van der Waals surface area contributed by atoms with E-state index < -0.39 is 0 Å². The first-order chi connectivity index (χ1) is 6.38. The van der Waals surface area contributed by atoms with Crippen molar-refractivity contribution in [2.45, 2.75) is 26.4 Å². The highest BCUT2D eigenvalue weighted by molar-refractivity contribution is 5.26. The minimum atomic E-state index is 0.277. The Morgan fingerprint density at radius 3 is 2.62 bits per heavy atom. The van der Waals surface area contributed by atoms with E-state index in [-0.39, 0.29) is 6.61 Å².